The summed E-state index contributed by atoms with van der Waals surface area (Å²) in [6.45, 7) is 17.8. The Balaban J connectivity index is 1.81. The zero-order valence-corrected chi connectivity index (χ0v) is 33.3. The quantitative estimate of drug-likeness (QED) is 0.126. The van der Waals surface area contributed by atoms with E-state index in [4.69, 9.17) is 19.2 Å². The average molecular weight is 740 g/mol. The molecule has 3 amide bonds. The van der Waals surface area contributed by atoms with Gasteiger partial charge < -0.3 is 24.8 Å². The van der Waals surface area contributed by atoms with Gasteiger partial charge in [-0.1, -0.05) is 63.8 Å². The van der Waals surface area contributed by atoms with Gasteiger partial charge in [-0.25, -0.2) is 10.4 Å². The second-order valence-electron chi connectivity index (χ2n) is 15.3. The van der Waals surface area contributed by atoms with Crippen molar-refractivity contribution in [2.24, 2.45) is 11.3 Å². The minimum Gasteiger partial charge on any atom is -0.468 e. The van der Waals surface area contributed by atoms with Crippen LogP contribution in [0, 0.1) is 11.3 Å². The standard InChI is InChI=1S/C38H57N5O8Si/c1-24(2)33(34(45)39-25(3)35(46)43-19-11-12-31(42-43)36(47)49-7)41-37(48)38(6,23-50-20-21-52(8,9)10)18-17-28-13-14-29-15-16-30(40-32(29)22-28)26(4)51-27(5)44/h13-18,22,24-26,31,33,42H,11-12,19-21,23H2,1-10H3,(H,39,45)(H,41,48)/b18-17+/t25-,26+,31-,33-,38+/m0/s1. The van der Waals surface area contributed by atoms with E-state index in [1.807, 2.05) is 50.3 Å². The molecule has 1 aromatic carbocycles. The number of hydrogen-bond donors (Lipinski definition) is 3. The number of pyridine rings is 1. The highest BCUT2D eigenvalue weighted by molar-refractivity contribution is 6.76. The van der Waals surface area contributed by atoms with Crippen molar-refractivity contribution in [2.45, 2.75) is 104 Å². The van der Waals surface area contributed by atoms with Gasteiger partial charge in [0, 0.05) is 33.5 Å². The molecule has 1 aliphatic heterocycles. The van der Waals surface area contributed by atoms with Crippen molar-refractivity contribution in [1.82, 2.24) is 26.1 Å². The first-order chi connectivity index (χ1) is 24.3. The van der Waals surface area contributed by atoms with Crippen molar-refractivity contribution in [2.75, 3.05) is 26.9 Å². The van der Waals surface area contributed by atoms with Gasteiger partial charge in [-0.2, -0.15) is 0 Å². The highest BCUT2D eigenvalue weighted by Crippen LogP contribution is 2.25. The maximum atomic E-state index is 14.1. The summed E-state index contributed by atoms with van der Waals surface area (Å²) in [5, 5.41) is 7.94. The van der Waals surface area contributed by atoms with Crippen LogP contribution < -0.4 is 16.1 Å². The van der Waals surface area contributed by atoms with Gasteiger partial charge >= 0.3 is 11.9 Å². The van der Waals surface area contributed by atoms with E-state index in [2.05, 4.69) is 35.7 Å². The van der Waals surface area contributed by atoms with Crippen molar-refractivity contribution in [3.05, 3.63) is 47.7 Å². The highest BCUT2D eigenvalue weighted by Gasteiger charge is 2.37. The SMILES string of the molecule is COC(=O)[C@@H]1CCCN(C(=O)[C@H](C)NC(=O)[C@@H](NC(=O)[C@](C)(/C=C/c2ccc3ccc([C@@H](C)OC(C)=O)nc3c2)COCC[Si](C)(C)C)C(C)C)N1. The predicted octanol–water partition coefficient (Wildman–Crippen LogP) is 4.55. The Morgan fingerprint density at radius 2 is 1.77 bits per heavy atom. The number of nitrogens with one attached hydrogen (secondary N) is 3. The number of ether oxygens (including phenoxy) is 3. The number of methoxy groups -OCH3 is 1. The number of carbonyl (C=O) groups excluding carboxylic acids is 5. The number of nitrogens with zero attached hydrogens (tertiary/aromatic N) is 2. The van der Waals surface area contributed by atoms with Crippen LogP contribution in [0.5, 0.6) is 0 Å². The minimum atomic E-state index is -1.39. The van der Waals surface area contributed by atoms with Gasteiger partial charge in [-0.3, -0.25) is 29.0 Å². The summed E-state index contributed by atoms with van der Waals surface area (Å²) >= 11 is 0. The molecule has 0 saturated carbocycles. The van der Waals surface area contributed by atoms with Crippen LogP contribution in [0.25, 0.3) is 17.0 Å². The van der Waals surface area contributed by atoms with E-state index in [9.17, 15) is 24.0 Å². The van der Waals surface area contributed by atoms with Gasteiger partial charge in [-0.15, -0.1) is 0 Å². The predicted molar refractivity (Wildman–Crippen MR) is 202 cm³/mol. The Bertz CT molecular complexity index is 1630. The fourth-order valence-corrected chi connectivity index (χ4v) is 6.38. The molecule has 2 heterocycles. The molecule has 1 saturated heterocycles. The van der Waals surface area contributed by atoms with E-state index < -0.39 is 61.4 Å². The second-order valence-corrected chi connectivity index (χ2v) is 20.9. The molecule has 0 radical (unpaired) electrons. The van der Waals surface area contributed by atoms with Gasteiger partial charge in [0.2, 0.25) is 11.8 Å². The van der Waals surface area contributed by atoms with Gasteiger partial charge in [0.05, 0.1) is 30.3 Å². The van der Waals surface area contributed by atoms with Crippen LogP contribution >= 0.6 is 0 Å². The van der Waals surface area contributed by atoms with Crippen molar-refractivity contribution in [3.8, 4) is 0 Å². The summed E-state index contributed by atoms with van der Waals surface area (Å²) in [5.74, 6) is -2.47. The first kappa shape index (κ1) is 42.3. The molecule has 0 unspecified atom stereocenters. The fraction of sp³-hybridized carbons (Fsp3) is 0.579. The molecule has 3 rings (SSSR count). The molecule has 14 heteroatoms. The van der Waals surface area contributed by atoms with Crippen LogP contribution in [-0.4, -0.2) is 92.7 Å². The number of aromatic nitrogens is 1. The highest BCUT2D eigenvalue weighted by atomic mass is 28.3. The first-order valence-corrected chi connectivity index (χ1v) is 21.7. The summed E-state index contributed by atoms with van der Waals surface area (Å²) in [6.07, 6.45) is 4.24. The van der Waals surface area contributed by atoms with Gasteiger partial charge in [0.15, 0.2) is 0 Å². The monoisotopic (exact) mass is 739 g/mol. The number of fused-ring (bicyclic) bond motifs is 1. The molecule has 0 aliphatic carbocycles. The zero-order chi connectivity index (χ0) is 38.8. The Morgan fingerprint density at radius 1 is 1.08 bits per heavy atom. The molecule has 2 aromatic rings. The summed E-state index contributed by atoms with van der Waals surface area (Å²) in [5.41, 5.74) is 3.85. The molecular weight excluding hydrogens is 683 g/mol. The molecule has 1 aromatic heterocycles. The Kier molecular flexibility index (Phi) is 15.1. The average Bonchev–Trinajstić information content (AvgIpc) is 3.09. The minimum absolute atomic E-state index is 0.0823. The summed E-state index contributed by atoms with van der Waals surface area (Å²) in [4.78, 5) is 69.2. The van der Waals surface area contributed by atoms with Crippen LogP contribution in [0.4, 0.5) is 0 Å². The van der Waals surface area contributed by atoms with Crippen LogP contribution in [0.3, 0.4) is 0 Å². The lowest BCUT2D eigenvalue weighted by Crippen LogP contribution is -2.61. The number of benzene rings is 1. The van der Waals surface area contributed by atoms with E-state index in [0.717, 1.165) is 17.0 Å². The van der Waals surface area contributed by atoms with Crippen LogP contribution in [0.2, 0.25) is 25.7 Å². The zero-order valence-electron chi connectivity index (χ0n) is 32.3. The smallest absolute Gasteiger partial charge is 0.324 e. The molecule has 1 fully saturated rings. The fourth-order valence-electron chi connectivity index (χ4n) is 5.62. The van der Waals surface area contributed by atoms with Crippen LogP contribution in [0.1, 0.15) is 71.7 Å². The molecule has 286 valence electrons. The van der Waals surface area contributed by atoms with Crippen molar-refractivity contribution < 1.29 is 38.2 Å². The van der Waals surface area contributed by atoms with Crippen molar-refractivity contribution in [3.63, 3.8) is 0 Å². The lowest BCUT2D eigenvalue weighted by Gasteiger charge is -2.34. The lowest BCUT2D eigenvalue weighted by molar-refractivity contribution is -0.151. The maximum absolute atomic E-state index is 14.1. The largest absolute Gasteiger partial charge is 0.468 e. The molecule has 52 heavy (non-hydrogen) atoms. The third-order valence-electron chi connectivity index (χ3n) is 8.96. The third-order valence-corrected chi connectivity index (χ3v) is 10.7. The molecule has 3 N–H and O–H groups in total. The number of hydrogen-bond acceptors (Lipinski definition) is 10. The van der Waals surface area contributed by atoms with Crippen LogP contribution in [0.15, 0.2) is 36.4 Å². The van der Waals surface area contributed by atoms with Gasteiger partial charge in [0.25, 0.3) is 5.91 Å². The van der Waals surface area contributed by atoms with Crippen molar-refractivity contribution >= 4 is 54.7 Å². The van der Waals surface area contributed by atoms with E-state index >= 15 is 0 Å². The Hall–Kier alpha value is -4.14. The topological polar surface area (TPSA) is 165 Å². The lowest BCUT2D eigenvalue weighted by atomic mass is 9.88. The molecule has 1 aliphatic rings. The van der Waals surface area contributed by atoms with E-state index in [1.165, 1.54) is 19.0 Å². The van der Waals surface area contributed by atoms with Gasteiger partial charge in [-0.05, 0) is 63.3 Å². The van der Waals surface area contributed by atoms with E-state index in [1.54, 1.807) is 26.8 Å². The first-order valence-electron chi connectivity index (χ1n) is 17.9. The number of amides is 3. The summed E-state index contributed by atoms with van der Waals surface area (Å²) in [7, 11) is -0.102. The maximum Gasteiger partial charge on any atom is 0.324 e. The molecule has 0 spiro atoms. The van der Waals surface area contributed by atoms with Gasteiger partial charge in [0.1, 0.15) is 24.2 Å². The number of carbonyl (C=O) groups is 5. The van der Waals surface area contributed by atoms with Crippen molar-refractivity contribution in [1.29, 1.82) is 0 Å². The number of esters is 2. The van der Waals surface area contributed by atoms with E-state index in [-0.39, 0.29) is 18.5 Å². The molecule has 5 atom stereocenters. The summed E-state index contributed by atoms with van der Waals surface area (Å²) < 4.78 is 16.2. The molecule has 0 bridgehead atoms. The number of rotatable bonds is 16. The third kappa shape index (κ3) is 12.2. The Morgan fingerprint density at radius 3 is 2.40 bits per heavy atom. The number of hydrazine groups is 1. The summed E-state index contributed by atoms with van der Waals surface area (Å²) in [6, 6.07) is 7.90. The molecular formula is C38H57N5O8Si. The van der Waals surface area contributed by atoms with E-state index in [0.29, 0.717) is 37.2 Å². The normalized spacial score (nSPS) is 18.0. The van der Waals surface area contributed by atoms with Crippen LogP contribution in [-0.2, 0) is 38.2 Å². The Labute approximate surface area is 308 Å². The second kappa shape index (κ2) is 18.6. The molecule has 13 nitrogen and oxygen atoms in total.